The van der Waals surface area contributed by atoms with E-state index in [-0.39, 0.29) is 6.42 Å². The zero-order valence-corrected chi connectivity index (χ0v) is 5.36. The van der Waals surface area contributed by atoms with Gasteiger partial charge < -0.3 is 0 Å². The Hall–Kier alpha value is -0.290. The van der Waals surface area contributed by atoms with Crippen LogP contribution in [0.1, 0.15) is 12.8 Å². The predicted octanol–water partition coefficient (Wildman–Crippen LogP) is 0.887. The minimum atomic E-state index is -4.15. The molecule has 1 atom stereocenters. The smallest absolute Gasteiger partial charge is 0.268 e. The van der Waals surface area contributed by atoms with Crippen molar-refractivity contribution in [1.29, 1.82) is 0 Å². The van der Waals surface area contributed by atoms with Crippen molar-refractivity contribution < 1.29 is 13.2 Å². The maximum Gasteiger partial charge on any atom is 0.405 e. The summed E-state index contributed by atoms with van der Waals surface area (Å²) in [6.45, 7) is 0.351. The van der Waals surface area contributed by atoms with Gasteiger partial charge in [0.15, 0.2) is 0 Å². The van der Waals surface area contributed by atoms with Crippen molar-refractivity contribution in [1.82, 2.24) is 5.01 Å². The lowest BCUT2D eigenvalue weighted by atomic mass is 10.2. The van der Waals surface area contributed by atoms with Crippen molar-refractivity contribution in [3.05, 3.63) is 0 Å². The van der Waals surface area contributed by atoms with E-state index in [0.717, 1.165) is 5.01 Å². The van der Waals surface area contributed by atoms with Crippen LogP contribution in [0.3, 0.4) is 0 Å². The second-order valence-corrected chi connectivity index (χ2v) is 2.44. The monoisotopic (exact) mass is 154 g/mol. The third kappa shape index (κ3) is 1.41. The predicted molar refractivity (Wildman–Crippen MR) is 30.0 cm³/mol. The Morgan fingerprint density at radius 1 is 1.40 bits per heavy atom. The maximum absolute atomic E-state index is 11.9. The molecule has 1 heterocycles. The highest BCUT2D eigenvalue weighted by Crippen LogP contribution is 2.30. The van der Waals surface area contributed by atoms with Crippen molar-refractivity contribution in [3.8, 4) is 0 Å². The van der Waals surface area contributed by atoms with Crippen LogP contribution in [-0.4, -0.2) is 23.8 Å². The van der Waals surface area contributed by atoms with Gasteiger partial charge in [0, 0.05) is 6.54 Å². The maximum atomic E-state index is 11.9. The molecule has 0 spiro atoms. The van der Waals surface area contributed by atoms with Crippen LogP contribution in [-0.2, 0) is 0 Å². The summed E-state index contributed by atoms with van der Waals surface area (Å²) >= 11 is 0. The third-order valence-corrected chi connectivity index (χ3v) is 1.67. The summed E-state index contributed by atoms with van der Waals surface area (Å²) in [6, 6.07) is -1.41. The molecule has 1 unspecified atom stereocenters. The molecule has 0 radical (unpaired) electrons. The number of nitrogens with two attached hydrogens (primary N) is 1. The molecule has 0 aromatic carbocycles. The quantitative estimate of drug-likeness (QED) is 0.525. The van der Waals surface area contributed by atoms with Gasteiger partial charge in [0.25, 0.3) is 0 Å². The van der Waals surface area contributed by atoms with Gasteiger partial charge in [0.1, 0.15) is 6.04 Å². The number of halogens is 3. The Morgan fingerprint density at radius 3 is 2.20 bits per heavy atom. The van der Waals surface area contributed by atoms with E-state index in [4.69, 9.17) is 5.84 Å². The van der Waals surface area contributed by atoms with Crippen LogP contribution in [0.2, 0.25) is 0 Å². The van der Waals surface area contributed by atoms with Crippen LogP contribution in [0.5, 0.6) is 0 Å². The van der Waals surface area contributed by atoms with Gasteiger partial charge in [-0.1, -0.05) is 0 Å². The average Bonchev–Trinajstić information content (AvgIpc) is 2.11. The van der Waals surface area contributed by atoms with E-state index in [1.807, 2.05) is 0 Å². The lowest BCUT2D eigenvalue weighted by molar-refractivity contribution is -0.176. The van der Waals surface area contributed by atoms with Gasteiger partial charge in [-0.15, -0.1) is 0 Å². The van der Waals surface area contributed by atoms with Crippen LogP contribution < -0.4 is 5.84 Å². The third-order valence-electron chi connectivity index (χ3n) is 1.67. The van der Waals surface area contributed by atoms with Crippen molar-refractivity contribution in [3.63, 3.8) is 0 Å². The van der Waals surface area contributed by atoms with Crippen LogP contribution in [0.15, 0.2) is 0 Å². The molecule has 1 aliphatic heterocycles. The molecule has 1 rings (SSSR count). The van der Waals surface area contributed by atoms with Crippen LogP contribution in [0, 0.1) is 0 Å². The fraction of sp³-hybridized carbons (Fsp3) is 1.00. The molecular weight excluding hydrogens is 145 g/mol. The Labute approximate surface area is 56.8 Å². The number of nitrogens with zero attached hydrogens (tertiary/aromatic N) is 1. The van der Waals surface area contributed by atoms with Crippen LogP contribution >= 0.6 is 0 Å². The summed E-state index contributed by atoms with van der Waals surface area (Å²) < 4.78 is 35.7. The van der Waals surface area contributed by atoms with Gasteiger partial charge in [-0.05, 0) is 12.8 Å². The second-order valence-electron chi connectivity index (χ2n) is 2.44. The fourth-order valence-corrected chi connectivity index (χ4v) is 1.14. The number of hydrogen-bond acceptors (Lipinski definition) is 2. The molecule has 5 heteroatoms. The standard InChI is InChI=1S/C5H9F3N2/c6-5(7,8)4-2-1-3-10(4)9/h4H,1-3,9H2. The normalized spacial score (nSPS) is 29.4. The minimum absolute atomic E-state index is 0.139. The summed E-state index contributed by atoms with van der Waals surface area (Å²) in [4.78, 5) is 0. The summed E-state index contributed by atoms with van der Waals surface area (Å²) in [5.41, 5.74) is 0. The van der Waals surface area contributed by atoms with E-state index in [0.29, 0.717) is 13.0 Å². The largest absolute Gasteiger partial charge is 0.405 e. The van der Waals surface area contributed by atoms with Crippen molar-refractivity contribution in [2.24, 2.45) is 5.84 Å². The molecule has 0 bridgehead atoms. The summed E-state index contributed by atoms with van der Waals surface area (Å²) in [5, 5.41) is 0.861. The molecule has 0 aliphatic carbocycles. The first-order valence-corrected chi connectivity index (χ1v) is 3.10. The first kappa shape index (κ1) is 7.81. The zero-order chi connectivity index (χ0) is 7.78. The molecule has 1 saturated heterocycles. The van der Waals surface area contributed by atoms with Gasteiger partial charge >= 0.3 is 6.18 Å². The molecule has 2 N–H and O–H groups in total. The molecule has 0 aromatic rings. The van der Waals surface area contributed by atoms with E-state index in [1.165, 1.54) is 0 Å². The van der Waals surface area contributed by atoms with E-state index in [2.05, 4.69) is 0 Å². The Morgan fingerprint density at radius 2 is 2.00 bits per heavy atom. The van der Waals surface area contributed by atoms with E-state index in [1.54, 1.807) is 0 Å². The van der Waals surface area contributed by atoms with Gasteiger partial charge in [-0.2, -0.15) is 13.2 Å². The molecule has 60 valence electrons. The molecule has 0 saturated carbocycles. The lowest BCUT2D eigenvalue weighted by Gasteiger charge is -2.21. The molecule has 2 nitrogen and oxygen atoms in total. The van der Waals surface area contributed by atoms with Gasteiger partial charge in [0.2, 0.25) is 0 Å². The second kappa shape index (κ2) is 2.39. The van der Waals surface area contributed by atoms with Crippen molar-refractivity contribution in [2.75, 3.05) is 6.54 Å². The van der Waals surface area contributed by atoms with Crippen molar-refractivity contribution >= 4 is 0 Å². The number of rotatable bonds is 0. The summed E-state index contributed by atoms with van der Waals surface area (Å²) in [5.74, 6) is 5.08. The summed E-state index contributed by atoms with van der Waals surface area (Å²) in [6.07, 6.45) is -3.47. The lowest BCUT2D eigenvalue weighted by Crippen LogP contribution is -2.45. The highest BCUT2D eigenvalue weighted by Gasteiger charge is 2.44. The SMILES string of the molecule is NN1CCCC1C(F)(F)F. The first-order valence-electron chi connectivity index (χ1n) is 3.10. The highest BCUT2D eigenvalue weighted by atomic mass is 19.4. The molecule has 10 heavy (non-hydrogen) atoms. The Balaban J connectivity index is 2.55. The van der Waals surface area contributed by atoms with Crippen molar-refractivity contribution in [2.45, 2.75) is 25.1 Å². The van der Waals surface area contributed by atoms with E-state index in [9.17, 15) is 13.2 Å². The van der Waals surface area contributed by atoms with Gasteiger partial charge in [-0.25, -0.2) is 5.01 Å². The van der Waals surface area contributed by atoms with E-state index < -0.39 is 12.2 Å². The molecule has 0 aromatic heterocycles. The number of hydrogen-bond donors (Lipinski definition) is 1. The Bertz CT molecular complexity index is 123. The Kier molecular flexibility index (Phi) is 1.87. The van der Waals surface area contributed by atoms with Crippen LogP contribution in [0.25, 0.3) is 0 Å². The van der Waals surface area contributed by atoms with E-state index >= 15 is 0 Å². The molecule has 0 amide bonds. The first-order chi connectivity index (χ1) is 4.52. The van der Waals surface area contributed by atoms with Crippen LogP contribution in [0.4, 0.5) is 13.2 Å². The van der Waals surface area contributed by atoms with Gasteiger partial charge in [0.05, 0.1) is 0 Å². The minimum Gasteiger partial charge on any atom is -0.268 e. The zero-order valence-electron chi connectivity index (χ0n) is 5.36. The molecule has 1 fully saturated rings. The topological polar surface area (TPSA) is 29.3 Å². The van der Waals surface area contributed by atoms with Gasteiger partial charge in [-0.3, -0.25) is 5.84 Å². The number of alkyl halides is 3. The highest BCUT2D eigenvalue weighted by molar-refractivity contribution is 4.80. The fourth-order valence-electron chi connectivity index (χ4n) is 1.14. The average molecular weight is 154 g/mol. The summed E-state index contributed by atoms with van der Waals surface area (Å²) in [7, 11) is 0. The number of hydrazine groups is 1. The molecular formula is C5H9F3N2. The molecule has 1 aliphatic rings.